The molecule has 1 unspecified atom stereocenters. The quantitative estimate of drug-likeness (QED) is 0.712. The smallest absolute Gasteiger partial charge is 0.241 e. The zero-order valence-corrected chi connectivity index (χ0v) is 16.1. The van der Waals surface area contributed by atoms with Crippen molar-refractivity contribution in [2.24, 2.45) is 0 Å². The molecule has 5 heteroatoms. The summed E-state index contributed by atoms with van der Waals surface area (Å²) in [4.78, 5) is 2.31. The molecule has 3 aromatic rings. The first-order valence-corrected chi connectivity index (χ1v) is 10.1. The van der Waals surface area contributed by atoms with Gasteiger partial charge in [0.15, 0.2) is 0 Å². The summed E-state index contributed by atoms with van der Waals surface area (Å²) in [6.07, 6.45) is 0.647. The van der Waals surface area contributed by atoms with Gasteiger partial charge in [-0.05, 0) is 31.0 Å². The van der Waals surface area contributed by atoms with Crippen LogP contribution in [0.15, 0.2) is 71.6 Å². The molecule has 0 fully saturated rings. The lowest BCUT2D eigenvalue weighted by Gasteiger charge is -2.18. The summed E-state index contributed by atoms with van der Waals surface area (Å²) in [6, 6.07) is 20.9. The van der Waals surface area contributed by atoms with Crippen LogP contribution < -0.4 is 9.62 Å². The van der Waals surface area contributed by atoms with Crippen LogP contribution in [0.4, 0.5) is 5.69 Å². The number of hydrogen-bond acceptors (Lipinski definition) is 3. The van der Waals surface area contributed by atoms with Gasteiger partial charge in [-0.3, -0.25) is 0 Å². The minimum atomic E-state index is -3.62. The van der Waals surface area contributed by atoms with Gasteiger partial charge in [-0.25, -0.2) is 13.1 Å². The lowest BCUT2D eigenvalue weighted by atomic mass is 10.1. The molecule has 0 saturated heterocycles. The predicted octanol–water partition coefficient (Wildman–Crippen LogP) is 4.06. The van der Waals surface area contributed by atoms with Crippen LogP contribution in [0, 0.1) is 0 Å². The minimum absolute atomic E-state index is 0. The summed E-state index contributed by atoms with van der Waals surface area (Å²) in [5.74, 6) is 0. The first-order chi connectivity index (χ1) is 12.4. The monoisotopic (exact) mass is 370 g/mol. The van der Waals surface area contributed by atoms with E-state index in [4.69, 9.17) is 0 Å². The molecule has 3 aromatic carbocycles. The molecule has 0 aliphatic heterocycles. The van der Waals surface area contributed by atoms with E-state index in [2.05, 4.69) is 4.72 Å². The van der Waals surface area contributed by atoms with Gasteiger partial charge < -0.3 is 4.90 Å². The van der Waals surface area contributed by atoms with Gasteiger partial charge in [0.1, 0.15) is 0 Å². The van der Waals surface area contributed by atoms with Crippen molar-refractivity contribution >= 4 is 26.5 Å². The topological polar surface area (TPSA) is 49.4 Å². The van der Waals surface area contributed by atoms with Crippen LogP contribution in [-0.4, -0.2) is 28.6 Å². The van der Waals surface area contributed by atoms with Crippen molar-refractivity contribution < 1.29 is 9.84 Å². The molecule has 0 aromatic heterocycles. The van der Waals surface area contributed by atoms with Crippen molar-refractivity contribution in [2.75, 3.05) is 19.0 Å². The molecule has 0 amide bonds. The largest absolute Gasteiger partial charge is 0.377 e. The van der Waals surface area contributed by atoms with Crippen LogP contribution in [0.3, 0.4) is 0 Å². The molecule has 0 saturated carbocycles. The zero-order valence-electron chi connectivity index (χ0n) is 15.3. The number of benzene rings is 3. The molecule has 0 radical (unpaired) electrons. The molecule has 26 heavy (non-hydrogen) atoms. The van der Waals surface area contributed by atoms with Gasteiger partial charge in [-0.2, -0.15) is 0 Å². The summed E-state index contributed by atoms with van der Waals surface area (Å²) in [5.41, 5.74) is 2.10. The minimum Gasteiger partial charge on any atom is -0.377 e. The molecule has 0 heterocycles. The number of fused-ring (bicyclic) bond motifs is 1. The van der Waals surface area contributed by atoms with E-state index in [1.807, 2.05) is 80.5 Å². The molecule has 1 atom stereocenters. The van der Waals surface area contributed by atoms with Gasteiger partial charge in [-0.1, -0.05) is 54.6 Å². The third-order valence-electron chi connectivity index (χ3n) is 4.37. The molecule has 138 valence electrons. The lowest BCUT2D eigenvalue weighted by Crippen LogP contribution is -2.34. The zero-order chi connectivity index (χ0) is 18.7. The molecule has 0 aliphatic rings. The van der Waals surface area contributed by atoms with Crippen molar-refractivity contribution in [2.45, 2.75) is 24.3 Å². The maximum Gasteiger partial charge on any atom is 0.241 e. The fraction of sp³-hybridized carbons (Fsp3) is 0.238. The van der Waals surface area contributed by atoms with E-state index >= 15 is 0 Å². The second kappa shape index (κ2) is 7.48. The SMILES string of the molecule is CC(Cc1ccccc1)NS(=O)(=O)c1cccc2c(N(C)C)cccc12.[HH]. The van der Waals surface area contributed by atoms with Crippen molar-refractivity contribution in [1.29, 1.82) is 0 Å². The van der Waals surface area contributed by atoms with Gasteiger partial charge in [0.25, 0.3) is 0 Å². The maximum absolute atomic E-state index is 13.0. The third kappa shape index (κ3) is 3.89. The van der Waals surface area contributed by atoms with E-state index in [0.717, 1.165) is 22.0 Å². The molecule has 0 bridgehead atoms. The Kier molecular flexibility index (Phi) is 5.30. The summed E-state index contributed by atoms with van der Waals surface area (Å²) in [6.45, 7) is 1.89. The molecular weight excluding hydrogens is 344 g/mol. The van der Waals surface area contributed by atoms with Crippen molar-refractivity contribution in [3.8, 4) is 0 Å². The normalized spacial score (nSPS) is 12.9. The van der Waals surface area contributed by atoms with E-state index in [1.54, 1.807) is 12.1 Å². The lowest BCUT2D eigenvalue weighted by molar-refractivity contribution is 0.560. The summed E-state index contributed by atoms with van der Waals surface area (Å²) in [5, 5.41) is 1.66. The molecule has 4 nitrogen and oxygen atoms in total. The molecule has 3 rings (SSSR count). The number of anilines is 1. The average Bonchev–Trinajstić information content (AvgIpc) is 2.60. The van der Waals surface area contributed by atoms with Gasteiger partial charge >= 0.3 is 0 Å². The standard InChI is InChI=1S/C21H24N2O2S.H2/c1-16(15-17-9-5-4-6-10-17)22-26(24,25)21-14-8-11-18-19(21)12-7-13-20(18)23(2)3;/h4-14,16,22H,15H2,1-3H3;1H. The fourth-order valence-corrected chi connectivity index (χ4v) is 4.69. The Morgan fingerprint density at radius 1 is 0.923 bits per heavy atom. The van der Waals surface area contributed by atoms with Crippen LogP contribution >= 0.6 is 0 Å². The van der Waals surface area contributed by atoms with Gasteiger partial charge in [-0.15, -0.1) is 0 Å². The van der Waals surface area contributed by atoms with Crippen LogP contribution in [-0.2, 0) is 16.4 Å². The number of rotatable bonds is 6. The highest BCUT2D eigenvalue weighted by molar-refractivity contribution is 7.89. The van der Waals surface area contributed by atoms with E-state index in [0.29, 0.717) is 11.3 Å². The third-order valence-corrected chi connectivity index (χ3v) is 6.02. The Morgan fingerprint density at radius 3 is 2.27 bits per heavy atom. The second-order valence-corrected chi connectivity index (χ2v) is 8.42. The van der Waals surface area contributed by atoms with Gasteiger partial charge in [0.05, 0.1) is 4.90 Å². The number of nitrogens with one attached hydrogen (secondary N) is 1. The fourth-order valence-electron chi connectivity index (χ4n) is 3.23. The van der Waals surface area contributed by atoms with Crippen LogP contribution in [0.2, 0.25) is 0 Å². The van der Waals surface area contributed by atoms with Crippen molar-refractivity contribution in [1.82, 2.24) is 4.72 Å². The van der Waals surface area contributed by atoms with E-state index in [-0.39, 0.29) is 7.47 Å². The summed E-state index contributed by atoms with van der Waals surface area (Å²) < 4.78 is 28.8. The van der Waals surface area contributed by atoms with Crippen molar-refractivity contribution in [3.05, 3.63) is 72.3 Å². The van der Waals surface area contributed by atoms with Gasteiger partial charge in [0.2, 0.25) is 10.0 Å². The van der Waals surface area contributed by atoms with Crippen molar-refractivity contribution in [3.63, 3.8) is 0 Å². The van der Waals surface area contributed by atoms with Crippen LogP contribution in [0.5, 0.6) is 0 Å². The molecular formula is C21H26N2O2S. The van der Waals surface area contributed by atoms with Gasteiger partial charge in [0, 0.05) is 38.0 Å². The summed E-state index contributed by atoms with van der Waals surface area (Å²) in [7, 11) is 0.292. The average molecular weight is 371 g/mol. The Morgan fingerprint density at radius 2 is 1.58 bits per heavy atom. The Balaban J connectivity index is 0.00000261. The van der Waals surface area contributed by atoms with Crippen LogP contribution in [0.1, 0.15) is 13.9 Å². The van der Waals surface area contributed by atoms with E-state index < -0.39 is 10.0 Å². The summed E-state index contributed by atoms with van der Waals surface area (Å²) >= 11 is 0. The number of hydrogen-bond donors (Lipinski definition) is 1. The highest BCUT2D eigenvalue weighted by Crippen LogP contribution is 2.30. The first-order valence-electron chi connectivity index (χ1n) is 8.64. The molecule has 1 N–H and O–H groups in total. The van der Waals surface area contributed by atoms with E-state index in [9.17, 15) is 8.42 Å². The predicted molar refractivity (Wildman–Crippen MR) is 110 cm³/mol. The Bertz CT molecular complexity index is 1010. The van der Waals surface area contributed by atoms with Crippen LogP contribution in [0.25, 0.3) is 10.8 Å². The highest BCUT2D eigenvalue weighted by atomic mass is 32.2. The number of nitrogens with zero attached hydrogens (tertiary/aromatic N) is 1. The van der Waals surface area contributed by atoms with E-state index in [1.165, 1.54) is 0 Å². The Labute approximate surface area is 157 Å². The molecule has 0 spiro atoms. The number of sulfonamides is 1. The first kappa shape index (κ1) is 18.4. The maximum atomic E-state index is 13.0. The highest BCUT2D eigenvalue weighted by Gasteiger charge is 2.20. The molecule has 0 aliphatic carbocycles. The second-order valence-electron chi connectivity index (χ2n) is 6.73. The Hall–Kier alpha value is -2.37.